The molecule has 17 heavy (non-hydrogen) atoms. The highest BCUT2D eigenvalue weighted by atomic mass is 79.9. The fourth-order valence-corrected chi connectivity index (χ4v) is 3.77. The fourth-order valence-electron chi connectivity index (χ4n) is 1.63. The first kappa shape index (κ1) is 13.6. The summed E-state index contributed by atoms with van der Waals surface area (Å²) in [6.45, 7) is 2.06. The number of thiophene rings is 1. The predicted octanol–water partition coefficient (Wildman–Crippen LogP) is 5.28. The lowest BCUT2D eigenvalue weighted by Gasteiger charge is -2.14. The Bertz CT molecular complexity index is 534. The van der Waals surface area contributed by atoms with E-state index in [0.717, 1.165) is 23.7 Å². The van der Waals surface area contributed by atoms with Gasteiger partial charge in [0, 0.05) is 13.8 Å². The van der Waals surface area contributed by atoms with E-state index in [1.54, 1.807) is 0 Å². The predicted molar refractivity (Wildman–Crippen MR) is 81.9 cm³/mol. The third-order valence-corrected chi connectivity index (χ3v) is 6.03. The van der Waals surface area contributed by atoms with Gasteiger partial charge in [0.2, 0.25) is 0 Å². The molecule has 0 aliphatic heterocycles. The van der Waals surface area contributed by atoms with Crippen molar-refractivity contribution in [2.75, 3.05) is 0 Å². The lowest BCUT2D eigenvalue weighted by atomic mass is 10.0. The van der Waals surface area contributed by atoms with E-state index in [0.29, 0.717) is 0 Å². The first-order valence-electron chi connectivity index (χ1n) is 4.96. The van der Waals surface area contributed by atoms with Crippen LogP contribution in [0.3, 0.4) is 0 Å². The molecule has 90 valence electrons. The summed E-state index contributed by atoms with van der Waals surface area (Å²) in [6.07, 6.45) is 0. The van der Waals surface area contributed by atoms with Gasteiger partial charge in [0.25, 0.3) is 0 Å². The largest absolute Gasteiger partial charge is 0.320 e. The van der Waals surface area contributed by atoms with E-state index in [2.05, 4.69) is 38.8 Å². The molecule has 0 bridgehead atoms. The molecule has 1 atom stereocenters. The molecule has 2 N–H and O–H groups in total. The summed E-state index contributed by atoms with van der Waals surface area (Å²) in [6, 6.07) is 7.91. The molecule has 2 rings (SSSR count). The lowest BCUT2D eigenvalue weighted by Crippen LogP contribution is -2.11. The topological polar surface area (TPSA) is 26.0 Å². The van der Waals surface area contributed by atoms with Crippen LogP contribution in [0.25, 0.3) is 0 Å². The van der Waals surface area contributed by atoms with E-state index in [-0.39, 0.29) is 6.04 Å². The van der Waals surface area contributed by atoms with Gasteiger partial charge in [-0.1, -0.05) is 39.7 Å². The summed E-state index contributed by atoms with van der Waals surface area (Å²) in [7, 11) is 0. The SMILES string of the molecule is Cc1c(Br)cccc1C(N)c1cc(Br)c(Cl)s1. The number of hydrogen-bond acceptors (Lipinski definition) is 2. The second-order valence-electron chi connectivity index (χ2n) is 3.70. The first-order chi connectivity index (χ1) is 8.00. The van der Waals surface area contributed by atoms with E-state index in [9.17, 15) is 0 Å². The van der Waals surface area contributed by atoms with Crippen molar-refractivity contribution in [2.24, 2.45) is 5.73 Å². The van der Waals surface area contributed by atoms with Crippen LogP contribution in [0.2, 0.25) is 4.34 Å². The van der Waals surface area contributed by atoms with Gasteiger partial charge in [0.05, 0.1) is 6.04 Å². The van der Waals surface area contributed by atoms with E-state index in [1.807, 2.05) is 24.3 Å². The molecular formula is C12H10Br2ClNS. The zero-order valence-corrected chi connectivity index (χ0v) is 13.8. The highest BCUT2D eigenvalue weighted by Crippen LogP contribution is 2.37. The highest BCUT2D eigenvalue weighted by Gasteiger charge is 2.16. The molecule has 1 aromatic heterocycles. The van der Waals surface area contributed by atoms with Crippen LogP contribution in [0.5, 0.6) is 0 Å². The Labute approximate surface area is 126 Å². The van der Waals surface area contributed by atoms with Gasteiger partial charge in [-0.15, -0.1) is 11.3 Å². The summed E-state index contributed by atoms with van der Waals surface area (Å²) in [5.74, 6) is 0. The van der Waals surface area contributed by atoms with Crippen LogP contribution in [-0.4, -0.2) is 0 Å². The molecule has 0 aliphatic carbocycles. The number of halogens is 3. The van der Waals surface area contributed by atoms with Crippen molar-refractivity contribution in [1.82, 2.24) is 0 Å². The second kappa shape index (κ2) is 5.41. The van der Waals surface area contributed by atoms with E-state index >= 15 is 0 Å². The maximum atomic E-state index is 6.28. The van der Waals surface area contributed by atoms with Gasteiger partial charge in [0.1, 0.15) is 4.34 Å². The number of nitrogens with two attached hydrogens (primary N) is 1. The average Bonchev–Trinajstić information content (AvgIpc) is 2.62. The number of hydrogen-bond donors (Lipinski definition) is 1. The molecule has 0 saturated heterocycles. The van der Waals surface area contributed by atoms with Crippen molar-refractivity contribution < 1.29 is 0 Å². The van der Waals surface area contributed by atoms with Gasteiger partial charge >= 0.3 is 0 Å². The Kier molecular flexibility index (Phi) is 4.31. The molecule has 1 nitrogen and oxygen atoms in total. The van der Waals surface area contributed by atoms with Crippen LogP contribution >= 0.6 is 54.8 Å². The standard InChI is InChI=1S/C12H10Br2ClNS/c1-6-7(3-2-4-8(6)13)11(16)10-5-9(14)12(15)17-10/h2-5,11H,16H2,1H3. The third kappa shape index (κ3) is 2.76. The first-order valence-corrected chi connectivity index (χ1v) is 7.74. The molecule has 0 saturated carbocycles. The van der Waals surface area contributed by atoms with Crippen molar-refractivity contribution in [2.45, 2.75) is 13.0 Å². The summed E-state index contributed by atoms with van der Waals surface area (Å²) >= 11 is 14.5. The van der Waals surface area contributed by atoms with Gasteiger partial charge in [-0.2, -0.15) is 0 Å². The second-order valence-corrected chi connectivity index (χ2v) is 7.10. The minimum absolute atomic E-state index is 0.138. The van der Waals surface area contributed by atoms with Crippen LogP contribution in [-0.2, 0) is 0 Å². The van der Waals surface area contributed by atoms with Gasteiger partial charge in [-0.05, 0) is 46.1 Å². The summed E-state index contributed by atoms with van der Waals surface area (Å²) < 4.78 is 2.72. The Morgan fingerprint density at radius 1 is 1.29 bits per heavy atom. The van der Waals surface area contributed by atoms with Crippen LogP contribution in [0.1, 0.15) is 22.0 Å². The van der Waals surface area contributed by atoms with Gasteiger partial charge in [0.15, 0.2) is 0 Å². The molecule has 0 amide bonds. The monoisotopic (exact) mass is 393 g/mol. The number of rotatable bonds is 2. The van der Waals surface area contributed by atoms with Crippen molar-refractivity contribution >= 4 is 54.8 Å². The number of benzene rings is 1. The molecule has 0 fully saturated rings. The molecule has 0 spiro atoms. The molecular weight excluding hydrogens is 385 g/mol. The third-order valence-electron chi connectivity index (χ3n) is 2.62. The molecule has 1 aromatic carbocycles. The minimum atomic E-state index is -0.138. The summed E-state index contributed by atoms with van der Waals surface area (Å²) in [4.78, 5) is 1.06. The Hall–Kier alpha value is 0.130. The van der Waals surface area contributed by atoms with Crippen LogP contribution in [0.15, 0.2) is 33.2 Å². The summed E-state index contributed by atoms with van der Waals surface area (Å²) in [5.41, 5.74) is 8.56. The zero-order valence-electron chi connectivity index (χ0n) is 9.01. The van der Waals surface area contributed by atoms with Crippen molar-refractivity contribution in [3.05, 3.63) is 53.6 Å². The van der Waals surface area contributed by atoms with Crippen molar-refractivity contribution in [3.63, 3.8) is 0 Å². The maximum absolute atomic E-state index is 6.28. The van der Waals surface area contributed by atoms with E-state index in [1.165, 1.54) is 16.9 Å². The molecule has 1 unspecified atom stereocenters. The van der Waals surface area contributed by atoms with Crippen LogP contribution in [0, 0.1) is 6.92 Å². The average molecular weight is 396 g/mol. The Morgan fingerprint density at radius 3 is 2.59 bits per heavy atom. The van der Waals surface area contributed by atoms with Gasteiger partial charge in [-0.25, -0.2) is 0 Å². The highest BCUT2D eigenvalue weighted by molar-refractivity contribution is 9.10. The Balaban J connectivity index is 2.43. The molecule has 0 radical (unpaired) electrons. The quantitative estimate of drug-likeness (QED) is 0.735. The Morgan fingerprint density at radius 2 is 2.00 bits per heavy atom. The molecule has 1 heterocycles. The molecule has 2 aromatic rings. The molecule has 5 heteroatoms. The summed E-state index contributed by atoms with van der Waals surface area (Å²) in [5, 5.41) is 0. The van der Waals surface area contributed by atoms with Crippen molar-refractivity contribution in [1.29, 1.82) is 0 Å². The van der Waals surface area contributed by atoms with Crippen LogP contribution < -0.4 is 5.73 Å². The zero-order chi connectivity index (χ0) is 12.6. The van der Waals surface area contributed by atoms with E-state index in [4.69, 9.17) is 17.3 Å². The van der Waals surface area contributed by atoms with Gasteiger partial charge in [-0.3, -0.25) is 0 Å². The van der Waals surface area contributed by atoms with Crippen LogP contribution in [0.4, 0.5) is 0 Å². The fraction of sp³-hybridized carbons (Fsp3) is 0.167. The maximum Gasteiger partial charge on any atom is 0.107 e. The lowest BCUT2D eigenvalue weighted by molar-refractivity contribution is 0.880. The van der Waals surface area contributed by atoms with E-state index < -0.39 is 0 Å². The normalized spacial score (nSPS) is 12.8. The minimum Gasteiger partial charge on any atom is -0.320 e. The van der Waals surface area contributed by atoms with Gasteiger partial charge < -0.3 is 5.73 Å². The van der Waals surface area contributed by atoms with Crippen molar-refractivity contribution in [3.8, 4) is 0 Å². The molecule has 0 aliphatic rings. The smallest absolute Gasteiger partial charge is 0.107 e.